The minimum Gasteiger partial charge on any atom is -0.478 e. The van der Waals surface area contributed by atoms with Gasteiger partial charge in [0.15, 0.2) is 0 Å². The highest BCUT2D eigenvalue weighted by Crippen LogP contribution is 2.09. The van der Waals surface area contributed by atoms with Crippen LogP contribution in [0.25, 0.3) is 0 Å². The number of hydrogen-bond donors (Lipinski definition) is 1. The van der Waals surface area contributed by atoms with E-state index in [0.717, 1.165) is 0 Å². The Balaban J connectivity index is 3.27. The van der Waals surface area contributed by atoms with Crippen LogP contribution in [0.15, 0.2) is 29.3 Å². The van der Waals surface area contributed by atoms with Gasteiger partial charge in [0, 0.05) is 0 Å². The average Bonchev–Trinajstić information content (AvgIpc) is 2.16. The van der Waals surface area contributed by atoms with Gasteiger partial charge in [0.1, 0.15) is 0 Å². The Hall–Kier alpha value is -1.97. The molecule has 0 atom stereocenters. The molecule has 0 spiro atoms. The van der Waals surface area contributed by atoms with Crippen LogP contribution in [-0.2, 0) is 0 Å². The van der Waals surface area contributed by atoms with E-state index in [1.54, 1.807) is 12.1 Å². The first-order valence-corrected chi connectivity index (χ1v) is 3.50. The van der Waals surface area contributed by atoms with E-state index in [4.69, 9.17) is 5.11 Å². The van der Waals surface area contributed by atoms with Crippen LogP contribution in [0.2, 0.25) is 0 Å². The molecule has 0 aliphatic carbocycles. The van der Waals surface area contributed by atoms with Crippen LogP contribution in [-0.4, -0.2) is 23.7 Å². The number of nitrogens with zero attached hydrogens (tertiary/aromatic N) is 1. The molecule has 1 rings (SSSR count). The third-order valence-corrected chi connectivity index (χ3v) is 1.53. The zero-order valence-electron chi connectivity index (χ0n) is 6.73. The van der Waals surface area contributed by atoms with Crippen LogP contribution in [0, 0.1) is 0 Å². The van der Waals surface area contributed by atoms with Crippen LogP contribution in [0.1, 0.15) is 20.7 Å². The van der Waals surface area contributed by atoms with E-state index in [9.17, 15) is 9.59 Å². The molecular weight excluding hydrogens is 170 g/mol. The topological polar surface area (TPSA) is 66.7 Å². The van der Waals surface area contributed by atoms with Crippen molar-refractivity contribution in [3.8, 4) is 0 Å². The summed E-state index contributed by atoms with van der Waals surface area (Å²) in [4.78, 5) is 24.8. The third-order valence-electron chi connectivity index (χ3n) is 1.53. The minimum absolute atomic E-state index is 0.0556. The maximum Gasteiger partial charge on any atom is 0.336 e. The van der Waals surface area contributed by atoms with Crippen LogP contribution >= 0.6 is 0 Å². The average molecular weight is 177 g/mol. The zero-order chi connectivity index (χ0) is 9.84. The van der Waals surface area contributed by atoms with Gasteiger partial charge in [0.05, 0.1) is 11.1 Å². The molecule has 0 saturated heterocycles. The number of aliphatic imine (C=N–C) groups is 1. The summed E-state index contributed by atoms with van der Waals surface area (Å²) in [5, 5.41) is 8.70. The second-order valence-corrected chi connectivity index (χ2v) is 2.31. The normalized spacial score (nSPS) is 9.23. The van der Waals surface area contributed by atoms with Crippen molar-refractivity contribution in [1.82, 2.24) is 0 Å². The number of rotatable bonds is 2. The lowest BCUT2D eigenvalue weighted by molar-refractivity contribution is 0.0692. The summed E-state index contributed by atoms with van der Waals surface area (Å²) >= 11 is 0. The van der Waals surface area contributed by atoms with Crippen molar-refractivity contribution in [3.63, 3.8) is 0 Å². The van der Waals surface area contributed by atoms with Gasteiger partial charge in [0.2, 0.25) is 0 Å². The molecule has 13 heavy (non-hydrogen) atoms. The molecule has 0 aliphatic rings. The summed E-state index contributed by atoms with van der Waals surface area (Å²) in [5.41, 5.74) is 0.00454. The summed E-state index contributed by atoms with van der Waals surface area (Å²) in [6.45, 7) is 3.04. The van der Waals surface area contributed by atoms with Crippen LogP contribution in [0.4, 0.5) is 0 Å². The van der Waals surface area contributed by atoms with E-state index < -0.39 is 11.9 Å². The predicted molar refractivity (Wildman–Crippen MR) is 47.3 cm³/mol. The maximum absolute atomic E-state index is 11.0. The molecule has 0 aromatic heterocycles. The highest BCUT2D eigenvalue weighted by atomic mass is 16.4. The standard InChI is InChI=1S/C9H7NO3/c1-10-8(11)6-4-2-3-5-7(6)9(12)13/h2-5H,1H2,(H,12,13). The Bertz CT molecular complexity index is 371. The van der Waals surface area contributed by atoms with E-state index >= 15 is 0 Å². The fraction of sp³-hybridized carbons (Fsp3) is 0. The molecule has 0 saturated carbocycles. The number of carboxylic acids is 1. The van der Waals surface area contributed by atoms with Crippen molar-refractivity contribution in [2.24, 2.45) is 4.99 Å². The summed E-state index contributed by atoms with van der Waals surface area (Å²) in [6.07, 6.45) is 0. The molecule has 4 heteroatoms. The van der Waals surface area contributed by atoms with Gasteiger partial charge < -0.3 is 5.11 Å². The lowest BCUT2D eigenvalue weighted by Crippen LogP contribution is -2.06. The molecule has 0 bridgehead atoms. The van der Waals surface area contributed by atoms with Gasteiger partial charge in [-0.25, -0.2) is 9.79 Å². The van der Waals surface area contributed by atoms with Crippen molar-refractivity contribution in [2.45, 2.75) is 0 Å². The number of carbonyl (C=O) groups is 2. The van der Waals surface area contributed by atoms with Crippen LogP contribution < -0.4 is 0 Å². The SMILES string of the molecule is C=NC(=O)c1ccccc1C(=O)O. The number of amides is 1. The first-order chi connectivity index (χ1) is 6.16. The van der Waals surface area contributed by atoms with Crippen LogP contribution in [0.3, 0.4) is 0 Å². The molecule has 0 unspecified atom stereocenters. The fourth-order valence-electron chi connectivity index (χ4n) is 0.941. The van der Waals surface area contributed by atoms with Gasteiger partial charge >= 0.3 is 5.97 Å². The number of hydrogen-bond acceptors (Lipinski definition) is 2. The van der Waals surface area contributed by atoms with E-state index in [2.05, 4.69) is 11.7 Å². The molecule has 1 amide bonds. The van der Waals surface area contributed by atoms with E-state index in [0.29, 0.717) is 0 Å². The van der Waals surface area contributed by atoms with E-state index in [1.807, 2.05) is 0 Å². The lowest BCUT2D eigenvalue weighted by Gasteiger charge is -1.99. The largest absolute Gasteiger partial charge is 0.478 e. The molecule has 1 N–H and O–H groups in total. The highest BCUT2D eigenvalue weighted by Gasteiger charge is 2.13. The molecule has 1 aromatic carbocycles. The van der Waals surface area contributed by atoms with Crippen molar-refractivity contribution >= 4 is 18.6 Å². The number of carbonyl (C=O) groups excluding carboxylic acids is 1. The fourth-order valence-corrected chi connectivity index (χ4v) is 0.941. The first kappa shape index (κ1) is 9.12. The summed E-state index contributed by atoms with van der Waals surface area (Å²) in [5.74, 6) is -1.77. The molecule has 0 aliphatic heterocycles. The van der Waals surface area contributed by atoms with E-state index in [1.165, 1.54) is 12.1 Å². The Morgan fingerprint density at radius 3 is 2.23 bits per heavy atom. The quantitative estimate of drug-likeness (QED) is 0.690. The van der Waals surface area contributed by atoms with Gasteiger partial charge in [-0.2, -0.15) is 0 Å². The summed E-state index contributed by atoms with van der Waals surface area (Å²) in [6, 6.07) is 5.87. The number of aromatic carboxylic acids is 1. The Labute approximate surface area is 74.5 Å². The number of carboxylic acid groups (broad SMARTS) is 1. The molecule has 1 aromatic rings. The predicted octanol–water partition coefficient (Wildman–Crippen LogP) is 1.23. The summed E-state index contributed by atoms with van der Waals surface area (Å²) < 4.78 is 0. The molecule has 0 radical (unpaired) electrons. The van der Waals surface area contributed by atoms with E-state index in [-0.39, 0.29) is 11.1 Å². The molecule has 66 valence electrons. The van der Waals surface area contributed by atoms with Crippen molar-refractivity contribution in [3.05, 3.63) is 35.4 Å². The van der Waals surface area contributed by atoms with Crippen molar-refractivity contribution < 1.29 is 14.7 Å². The highest BCUT2D eigenvalue weighted by molar-refractivity contribution is 6.06. The number of benzene rings is 1. The van der Waals surface area contributed by atoms with Gasteiger partial charge in [-0.3, -0.25) is 4.79 Å². The monoisotopic (exact) mass is 177 g/mol. The zero-order valence-corrected chi connectivity index (χ0v) is 6.73. The smallest absolute Gasteiger partial charge is 0.336 e. The van der Waals surface area contributed by atoms with Crippen molar-refractivity contribution in [1.29, 1.82) is 0 Å². The lowest BCUT2D eigenvalue weighted by atomic mass is 10.1. The Morgan fingerprint density at radius 1 is 1.23 bits per heavy atom. The molecule has 0 heterocycles. The summed E-state index contributed by atoms with van der Waals surface area (Å²) in [7, 11) is 0. The Morgan fingerprint density at radius 2 is 1.77 bits per heavy atom. The first-order valence-electron chi connectivity index (χ1n) is 3.50. The second-order valence-electron chi connectivity index (χ2n) is 2.31. The Kier molecular flexibility index (Phi) is 2.54. The third kappa shape index (κ3) is 1.79. The maximum atomic E-state index is 11.0. The van der Waals surface area contributed by atoms with Gasteiger partial charge in [-0.15, -0.1) is 0 Å². The second kappa shape index (κ2) is 3.62. The van der Waals surface area contributed by atoms with Crippen LogP contribution in [0.5, 0.6) is 0 Å². The van der Waals surface area contributed by atoms with Gasteiger partial charge in [-0.05, 0) is 18.9 Å². The van der Waals surface area contributed by atoms with Gasteiger partial charge in [0.25, 0.3) is 5.91 Å². The minimum atomic E-state index is -1.15. The molecular formula is C9H7NO3. The van der Waals surface area contributed by atoms with Gasteiger partial charge in [-0.1, -0.05) is 12.1 Å². The molecule has 0 fully saturated rings. The van der Waals surface area contributed by atoms with Crippen molar-refractivity contribution in [2.75, 3.05) is 0 Å². The molecule has 4 nitrogen and oxygen atoms in total.